The molecule has 0 aliphatic carbocycles. The van der Waals surface area contributed by atoms with Crippen LogP contribution in [0, 0.1) is 10.1 Å². The molecule has 0 saturated heterocycles. The third kappa shape index (κ3) is 4.96. The van der Waals surface area contributed by atoms with Crippen molar-refractivity contribution < 1.29 is 19.3 Å². The Morgan fingerprint density at radius 2 is 1.79 bits per heavy atom. The maximum Gasteiger partial charge on any atom is 0.372 e. The normalized spacial score (nSPS) is 11.0. The summed E-state index contributed by atoms with van der Waals surface area (Å²) >= 11 is 5.73. The maximum absolute atomic E-state index is 11.5. The molecule has 0 aromatic heterocycles. The Morgan fingerprint density at radius 1 is 1.17 bits per heavy atom. The van der Waals surface area contributed by atoms with Crippen LogP contribution in [0.3, 0.4) is 0 Å². The monoisotopic (exact) mass is 349 g/mol. The molecule has 0 heterocycles. The van der Waals surface area contributed by atoms with Crippen LogP contribution < -0.4 is 10.5 Å². The molecule has 0 aliphatic rings. The summed E-state index contributed by atoms with van der Waals surface area (Å²) in [6.07, 6.45) is 0. The third-order valence-electron chi connectivity index (χ3n) is 2.79. The highest BCUT2D eigenvalue weighted by Crippen LogP contribution is 2.15. The first-order chi connectivity index (χ1) is 11.5. The quantitative estimate of drug-likeness (QED) is 0.281. The molecule has 0 unspecified atom stereocenters. The minimum absolute atomic E-state index is 0.0834. The van der Waals surface area contributed by atoms with Crippen LogP contribution >= 0.6 is 11.6 Å². The molecular weight excluding hydrogens is 338 g/mol. The van der Waals surface area contributed by atoms with Gasteiger partial charge in [0, 0.05) is 22.7 Å². The number of nitrogens with zero attached hydrogens (tertiary/aromatic N) is 2. The number of carbonyl (C=O) groups excluding carboxylic acids is 1. The zero-order valence-electron chi connectivity index (χ0n) is 12.2. The van der Waals surface area contributed by atoms with Crippen molar-refractivity contribution in [1.29, 1.82) is 0 Å². The molecule has 8 nitrogen and oxygen atoms in total. The molecule has 2 N–H and O–H groups in total. The third-order valence-corrected chi connectivity index (χ3v) is 3.04. The zero-order chi connectivity index (χ0) is 17.5. The Morgan fingerprint density at radius 3 is 2.38 bits per heavy atom. The number of oxime groups is 1. The average molecular weight is 350 g/mol. The van der Waals surface area contributed by atoms with Gasteiger partial charge >= 0.3 is 5.97 Å². The molecule has 0 amide bonds. The summed E-state index contributed by atoms with van der Waals surface area (Å²) in [4.78, 5) is 26.2. The molecule has 24 heavy (non-hydrogen) atoms. The summed E-state index contributed by atoms with van der Waals surface area (Å²) in [6, 6.07) is 11.8. The molecule has 2 rings (SSSR count). The summed E-state index contributed by atoms with van der Waals surface area (Å²) in [5.74, 6) is -0.400. The summed E-state index contributed by atoms with van der Waals surface area (Å²) in [7, 11) is 0. The smallest absolute Gasteiger partial charge is 0.372 e. The standard InChI is InChI=1S/C15H12ClN3O5/c16-11-3-7-13(8-4-11)23-9-14(20)24-18-15(17)10-1-5-12(6-2-10)19(21)22/h1-8H,9H2,(H2,17,18). The van der Waals surface area contributed by atoms with Crippen molar-refractivity contribution >= 4 is 29.1 Å². The van der Waals surface area contributed by atoms with Gasteiger partial charge < -0.3 is 15.3 Å². The second-order valence-electron chi connectivity index (χ2n) is 4.49. The number of nitro benzene ring substituents is 1. The molecule has 0 bridgehead atoms. The molecule has 0 spiro atoms. The van der Waals surface area contributed by atoms with Gasteiger partial charge in [-0.25, -0.2) is 4.79 Å². The van der Waals surface area contributed by atoms with Crippen molar-refractivity contribution in [2.75, 3.05) is 6.61 Å². The molecule has 124 valence electrons. The fraction of sp³-hybridized carbons (Fsp3) is 0.0667. The van der Waals surface area contributed by atoms with Crippen LogP contribution in [-0.2, 0) is 9.63 Å². The molecule has 0 aliphatic heterocycles. The van der Waals surface area contributed by atoms with E-state index in [2.05, 4.69) is 9.99 Å². The molecule has 0 saturated carbocycles. The van der Waals surface area contributed by atoms with Crippen LogP contribution in [0.1, 0.15) is 5.56 Å². The number of rotatable bonds is 6. The molecule has 0 radical (unpaired) electrons. The fourth-order valence-electron chi connectivity index (χ4n) is 1.61. The topological polar surface area (TPSA) is 117 Å². The summed E-state index contributed by atoms with van der Waals surface area (Å²) in [6.45, 7) is -0.362. The van der Waals surface area contributed by atoms with E-state index < -0.39 is 10.9 Å². The number of nitro groups is 1. The van der Waals surface area contributed by atoms with Crippen LogP contribution in [-0.4, -0.2) is 23.3 Å². The summed E-state index contributed by atoms with van der Waals surface area (Å²) < 4.78 is 5.18. The molecule has 0 atom stereocenters. The highest BCUT2D eigenvalue weighted by Gasteiger charge is 2.08. The lowest BCUT2D eigenvalue weighted by Gasteiger charge is -2.04. The van der Waals surface area contributed by atoms with E-state index in [1.165, 1.54) is 24.3 Å². The van der Waals surface area contributed by atoms with Crippen molar-refractivity contribution in [1.82, 2.24) is 0 Å². The first-order valence-electron chi connectivity index (χ1n) is 6.62. The SMILES string of the molecule is N/C(=N\OC(=O)COc1ccc(Cl)cc1)c1ccc([N+](=O)[O-])cc1. The van der Waals surface area contributed by atoms with Crippen LogP contribution in [0.4, 0.5) is 5.69 Å². The van der Waals surface area contributed by atoms with Gasteiger partial charge in [-0.1, -0.05) is 16.8 Å². The first kappa shape index (κ1) is 17.2. The number of benzene rings is 2. The van der Waals surface area contributed by atoms with Gasteiger partial charge in [-0.15, -0.1) is 0 Å². The Kier molecular flexibility index (Phi) is 5.69. The van der Waals surface area contributed by atoms with Gasteiger partial charge in [-0.2, -0.15) is 0 Å². The number of non-ortho nitro benzene ring substituents is 1. The Balaban J connectivity index is 1.87. The van der Waals surface area contributed by atoms with E-state index in [1.54, 1.807) is 24.3 Å². The number of nitrogens with two attached hydrogens (primary N) is 1. The van der Waals surface area contributed by atoms with Crippen LogP contribution in [0.5, 0.6) is 5.75 Å². The van der Waals surface area contributed by atoms with Crippen molar-refractivity contribution in [3.63, 3.8) is 0 Å². The Hall–Kier alpha value is -3.13. The van der Waals surface area contributed by atoms with Gasteiger partial charge in [-0.05, 0) is 36.4 Å². The Bertz CT molecular complexity index is 760. The highest BCUT2D eigenvalue weighted by atomic mass is 35.5. The number of hydrogen-bond donors (Lipinski definition) is 1. The van der Waals surface area contributed by atoms with Crippen LogP contribution in [0.2, 0.25) is 5.02 Å². The van der Waals surface area contributed by atoms with Crippen molar-refractivity contribution in [2.24, 2.45) is 10.9 Å². The van der Waals surface area contributed by atoms with Crippen molar-refractivity contribution in [3.8, 4) is 5.75 Å². The van der Waals surface area contributed by atoms with E-state index in [0.29, 0.717) is 16.3 Å². The fourth-order valence-corrected chi connectivity index (χ4v) is 1.73. The zero-order valence-corrected chi connectivity index (χ0v) is 13.0. The molecular formula is C15H12ClN3O5. The van der Waals surface area contributed by atoms with E-state index in [1.807, 2.05) is 0 Å². The van der Waals surface area contributed by atoms with E-state index >= 15 is 0 Å². The van der Waals surface area contributed by atoms with Gasteiger partial charge in [0.1, 0.15) is 5.75 Å². The van der Waals surface area contributed by atoms with E-state index in [0.717, 1.165) is 0 Å². The predicted molar refractivity (Wildman–Crippen MR) is 86.9 cm³/mol. The number of halogens is 1. The summed E-state index contributed by atoms with van der Waals surface area (Å²) in [5.41, 5.74) is 5.94. The van der Waals surface area contributed by atoms with E-state index in [9.17, 15) is 14.9 Å². The van der Waals surface area contributed by atoms with Gasteiger partial charge in [0.2, 0.25) is 0 Å². The lowest BCUT2D eigenvalue weighted by Crippen LogP contribution is -2.18. The lowest BCUT2D eigenvalue weighted by atomic mass is 10.2. The van der Waals surface area contributed by atoms with E-state index in [-0.39, 0.29) is 18.1 Å². The lowest BCUT2D eigenvalue weighted by molar-refractivity contribution is -0.384. The number of carbonyl (C=O) groups is 1. The molecule has 2 aromatic rings. The second kappa shape index (κ2) is 7.93. The van der Waals surface area contributed by atoms with E-state index in [4.69, 9.17) is 22.1 Å². The van der Waals surface area contributed by atoms with Gasteiger partial charge in [0.05, 0.1) is 4.92 Å². The molecule has 9 heteroatoms. The summed E-state index contributed by atoms with van der Waals surface area (Å²) in [5, 5.41) is 14.6. The van der Waals surface area contributed by atoms with Gasteiger partial charge in [0.15, 0.2) is 12.4 Å². The van der Waals surface area contributed by atoms with Crippen LogP contribution in [0.15, 0.2) is 53.7 Å². The largest absolute Gasteiger partial charge is 0.482 e. The maximum atomic E-state index is 11.5. The van der Waals surface area contributed by atoms with Gasteiger partial charge in [0.25, 0.3) is 5.69 Å². The number of amidine groups is 1. The second-order valence-corrected chi connectivity index (χ2v) is 4.92. The van der Waals surface area contributed by atoms with Crippen LogP contribution in [0.25, 0.3) is 0 Å². The van der Waals surface area contributed by atoms with Crippen molar-refractivity contribution in [2.45, 2.75) is 0 Å². The van der Waals surface area contributed by atoms with Crippen molar-refractivity contribution in [3.05, 3.63) is 69.2 Å². The predicted octanol–water partition coefficient (Wildman–Crippen LogP) is 2.49. The Labute approximate surface area is 141 Å². The minimum Gasteiger partial charge on any atom is -0.482 e. The number of ether oxygens (including phenoxy) is 1. The molecule has 0 fully saturated rings. The first-order valence-corrected chi connectivity index (χ1v) is 7.00. The average Bonchev–Trinajstić information content (AvgIpc) is 2.59. The highest BCUT2D eigenvalue weighted by molar-refractivity contribution is 6.30. The molecule has 2 aromatic carbocycles. The van der Waals surface area contributed by atoms with Gasteiger partial charge in [-0.3, -0.25) is 10.1 Å². The minimum atomic E-state index is -0.755. The number of hydrogen-bond acceptors (Lipinski definition) is 6.